The van der Waals surface area contributed by atoms with Gasteiger partial charge in [0, 0.05) is 42.3 Å². The molecule has 4 heteroatoms. The fraction of sp³-hybridized carbons (Fsp3) is 0.625. The van der Waals surface area contributed by atoms with Crippen LogP contribution in [0.2, 0.25) is 0 Å². The quantitative estimate of drug-likeness (QED) is 0.884. The first-order valence-electron chi connectivity index (χ1n) is 7.59. The van der Waals surface area contributed by atoms with Crippen LogP contribution in [-0.2, 0) is 0 Å². The van der Waals surface area contributed by atoms with E-state index in [0.29, 0.717) is 11.8 Å². The van der Waals surface area contributed by atoms with Crippen LogP contribution in [0.4, 0.5) is 0 Å². The lowest BCUT2D eigenvalue weighted by molar-refractivity contribution is 0.157. The second-order valence-corrected chi connectivity index (χ2v) is 6.96. The Hall–Kier alpha value is -0.580. The number of hydrogen-bond donors (Lipinski definition) is 2. The smallest absolute Gasteiger partial charge is 0.124 e. The van der Waals surface area contributed by atoms with Gasteiger partial charge in [-0.2, -0.15) is 0 Å². The van der Waals surface area contributed by atoms with Crippen molar-refractivity contribution in [3.8, 4) is 5.75 Å². The molecule has 1 aromatic carbocycles. The van der Waals surface area contributed by atoms with E-state index in [4.69, 9.17) is 0 Å². The Bertz CT molecular complexity index is 482. The predicted molar refractivity (Wildman–Crippen MR) is 85.1 cm³/mol. The molecule has 2 fully saturated rings. The van der Waals surface area contributed by atoms with E-state index in [1.54, 1.807) is 0 Å². The van der Waals surface area contributed by atoms with Gasteiger partial charge in [0.2, 0.25) is 0 Å². The Labute approximate surface area is 129 Å². The minimum Gasteiger partial charge on any atom is -0.507 e. The molecule has 0 amide bonds. The highest BCUT2D eigenvalue weighted by atomic mass is 79.9. The summed E-state index contributed by atoms with van der Waals surface area (Å²) in [7, 11) is 0. The normalized spacial score (nSPS) is 21.9. The highest BCUT2D eigenvalue weighted by Crippen LogP contribution is 2.45. The van der Waals surface area contributed by atoms with Gasteiger partial charge in [-0.15, -0.1) is 0 Å². The number of benzene rings is 1. The average Bonchev–Trinajstić information content (AvgIpc) is 3.27. The van der Waals surface area contributed by atoms with Gasteiger partial charge in [0.1, 0.15) is 5.75 Å². The summed E-state index contributed by atoms with van der Waals surface area (Å²) in [5, 5.41) is 14.0. The topological polar surface area (TPSA) is 35.5 Å². The molecule has 1 aromatic rings. The zero-order valence-corrected chi connectivity index (χ0v) is 13.6. The number of phenols is 1. The summed E-state index contributed by atoms with van der Waals surface area (Å²) < 4.78 is 1.05. The molecule has 3 nitrogen and oxygen atoms in total. The van der Waals surface area contributed by atoms with Crippen molar-refractivity contribution in [1.82, 2.24) is 10.2 Å². The Balaban J connectivity index is 1.93. The van der Waals surface area contributed by atoms with E-state index in [2.05, 4.69) is 32.2 Å². The molecule has 0 spiro atoms. The Morgan fingerprint density at radius 3 is 2.70 bits per heavy atom. The van der Waals surface area contributed by atoms with Gasteiger partial charge in [0.05, 0.1) is 0 Å². The van der Waals surface area contributed by atoms with Crippen molar-refractivity contribution in [3.05, 3.63) is 27.7 Å². The summed E-state index contributed by atoms with van der Waals surface area (Å²) in [6.45, 7) is 6.21. The molecular formula is C16H23BrN2O. The van der Waals surface area contributed by atoms with E-state index < -0.39 is 0 Å². The minimum atomic E-state index is 0.346. The first kappa shape index (κ1) is 14.4. The van der Waals surface area contributed by atoms with Crippen LogP contribution in [0, 0.1) is 12.8 Å². The predicted octanol–water partition coefficient (Wildman–Crippen LogP) is 3.21. The second-order valence-electron chi connectivity index (χ2n) is 6.11. The maximum atomic E-state index is 10.5. The van der Waals surface area contributed by atoms with Gasteiger partial charge in [-0.25, -0.2) is 0 Å². The van der Waals surface area contributed by atoms with Crippen molar-refractivity contribution in [2.75, 3.05) is 26.2 Å². The van der Waals surface area contributed by atoms with E-state index in [0.717, 1.165) is 47.7 Å². The highest BCUT2D eigenvalue weighted by molar-refractivity contribution is 9.10. The van der Waals surface area contributed by atoms with Gasteiger partial charge >= 0.3 is 0 Å². The second kappa shape index (κ2) is 6.04. The van der Waals surface area contributed by atoms with E-state index in [1.165, 1.54) is 19.3 Å². The molecule has 1 aliphatic carbocycles. The number of halogens is 1. The van der Waals surface area contributed by atoms with Gasteiger partial charge in [-0.3, -0.25) is 4.90 Å². The maximum absolute atomic E-state index is 10.5. The first-order valence-corrected chi connectivity index (χ1v) is 8.39. The molecule has 1 atom stereocenters. The van der Waals surface area contributed by atoms with Crippen molar-refractivity contribution >= 4 is 15.9 Å². The molecule has 3 rings (SSSR count). The van der Waals surface area contributed by atoms with Crippen molar-refractivity contribution in [1.29, 1.82) is 0 Å². The maximum Gasteiger partial charge on any atom is 0.124 e. The van der Waals surface area contributed by atoms with E-state index in [-0.39, 0.29) is 0 Å². The zero-order chi connectivity index (χ0) is 14.1. The lowest BCUT2D eigenvalue weighted by Gasteiger charge is -2.36. The molecular weight excluding hydrogens is 316 g/mol. The average molecular weight is 339 g/mol. The van der Waals surface area contributed by atoms with Crippen molar-refractivity contribution < 1.29 is 5.11 Å². The fourth-order valence-electron chi connectivity index (χ4n) is 3.12. The Morgan fingerprint density at radius 2 is 2.05 bits per heavy atom. The Morgan fingerprint density at radius 1 is 1.35 bits per heavy atom. The van der Waals surface area contributed by atoms with Crippen LogP contribution in [0.1, 0.15) is 36.4 Å². The first-order chi connectivity index (χ1) is 9.66. The summed E-state index contributed by atoms with van der Waals surface area (Å²) >= 11 is 3.66. The van der Waals surface area contributed by atoms with Crippen LogP contribution in [0.5, 0.6) is 5.75 Å². The minimum absolute atomic E-state index is 0.346. The molecule has 110 valence electrons. The van der Waals surface area contributed by atoms with Crippen LogP contribution < -0.4 is 5.32 Å². The van der Waals surface area contributed by atoms with Crippen molar-refractivity contribution in [2.45, 2.75) is 32.2 Å². The van der Waals surface area contributed by atoms with Crippen LogP contribution in [-0.4, -0.2) is 36.2 Å². The number of hydrogen-bond acceptors (Lipinski definition) is 3. The molecule has 0 bridgehead atoms. The summed E-state index contributed by atoms with van der Waals surface area (Å²) in [4.78, 5) is 2.54. The molecule has 1 saturated heterocycles. The number of piperazine rings is 1. The number of nitrogens with one attached hydrogen (secondary N) is 1. The van der Waals surface area contributed by atoms with Gasteiger partial charge in [-0.05, 0) is 30.9 Å². The molecule has 0 aromatic heterocycles. The van der Waals surface area contributed by atoms with Crippen LogP contribution in [0.25, 0.3) is 0 Å². The van der Waals surface area contributed by atoms with Crippen LogP contribution >= 0.6 is 15.9 Å². The molecule has 20 heavy (non-hydrogen) atoms. The van der Waals surface area contributed by atoms with Gasteiger partial charge in [0.15, 0.2) is 0 Å². The summed E-state index contributed by atoms with van der Waals surface area (Å²) in [6, 6.07) is 4.40. The van der Waals surface area contributed by atoms with E-state index >= 15 is 0 Å². The Kier molecular flexibility index (Phi) is 4.34. The molecule has 1 heterocycles. The number of rotatable bonds is 4. The van der Waals surface area contributed by atoms with Gasteiger partial charge in [0.25, 0.3) is 0 Å². The molecule has 2 N–H and O–H groups in total. The van der Waals surface area contributed by atoms with E-state index in [1.807, 2.05) is 13.0 Å². The lowest BCUT2D eigenvalue weighted by atomic mass is 9.96. The van der Waals surface area contributed by atoms with Crippen LogP contribution in [0.15, 0.2) is 16.6 Å². The largest absolute Gasteiger partial charge is 0.507 e. The van der Waals surface area contributed by atoms with Crippen molar-refractivity contribution in [3.63, 3.8) is 0 Å². The standard InChI is InChI=1S/C16H23BrN2O/c1-11-2-5-13(17)15(16(11)20)14(10-12-3-4-12)19-8-6-18-7-9-19/h2,5,12,14,18,20H,3-4,6-10H2,1H3/t14-/m0/s1. The molecule has 1 saturated carbocycles. The summed E-state index contributed by atoms with van der Waals surface area (Å²) in [5.41, 5.74) is 2.07. The third kappa shape index (κ3) is 3.02. The molecule has 1 aliphatic heterocycles. The zero-order valence-electron chi connectivity index (χ0n) is 12.0. The SMILES string of the molecule is Cc1ccc(Br)c([C@H](CC2CC2)N2CCNCC2)c1O. The summed E-state index contributed by atoms with van der Waals surface area (Å²) in [5.74, 6) is 1.32. The van der Waals surface area contributed by atoms with Crippen LogP contribution in [0.3, 0.4) is 0 Å². The monoisotopic (exact) mass is 338 g/mol. The molecule has 0 radical (unpaired) electrons. The summed E-state index contributed by atoms with van der Waals surface area (Å²) in [6.07, 6.45) is 3.88. The highest BCUT2D eigenvalue weighted by Gasteiger charge is 2.33. The van der Waals surface area contributed by atoms with Gasteiger partial charge in [-0.1, -0.05) is 34.8 Å². The molecule has 0 unspecified atom stereocenters. The lowest BCUT2D eigenvalue weighted by Crippen LogP contribution is -2.45. The van der Waals surface area contributed by atoms with E-state index in [9.17, 15) is 5.11 Å². The third-order valence-corrected chi connectivity index (χ3v) is 5.24. The molecule has 2 aliphatic rings. The number of aryl methyl sites for hydroxylation is 1. The van der Waals surface area contributed by atoms with Crippen molar-refractivity contribution in [2.24, 2.45) is 5.92 Å². The van der Waals surface area contributed by atoms with Gasteiger partial charge < -0.3 is 10.4 Å². The third-order valence-electron chi connectivity index (χ3n) is 4.54. The number of nitrogens with zero attached hydrogens (tertiary/aromatic N) is 1. The number of aromatic hydroxyl groups is 1. The number of phenolic OH excluding ortho intramolecular Hbond substituents is 1. The fourth-order valence-corrected chi connectivity index (χ4v) is 3.71.